The highest BCUT2D eigenvalue weighted by molar-refractivity contribution is 8.14. The Hall–Kier alpha value is -0.120. The fraction of sp³-hybridized carbons (Fsp3) is 0.917. The molecule has 5 atom stereocenters. The van der Waals surface area contributed by atoms with Crippen LogP contribution in [-0.2, 0) is 19.4 Å². The van der Waals surface area contributed by atoms with Gasteiger partial charge in [0.1, 0.15) is 34.9 Å². The van der Waals surface area contributed by atoms with Crippen molar-refractivity contribution in [3.8, 4) is 0 Å². The topological polar surface area (TPSA) is 166 Å². The quantitative estimate of drug-likeness (QED) is 0.104. The average molecular weight is 422 g/mol. The van der Waals surface area contributed by atoms with E-state index in [0.29, 0.717) is 6.42 Å². The third-order valence-corrected chi connectivity index (χ3v) is 5.46. The van der Waals surface area contributed by atoms with E-state index in [2.05, 4.69) is 9.44 Å². The van der Waals surface area contributed by atoms with Gasteiger partial charge in [-0.15, -0.1) is 0 Å². The highest BCUT2D eigenvalue weighted by atomic mass is 32.3. The second kappa shape index (κ2) is 10.9. The molecule has 5 N–H and O–H groups in total. The average Bonchev–Trinajstić information content (AvgIpc) is 2.55. The fourth-order valence-corrected chi connectivity index (χ4v) is 3.87. The van der Waals surface area contributed by atoms with Gasteiger partial charge in [0.05, 0.1) is 6.61 Å². The van der Waals surface area contributed by atoms with Crippen molar-refractivity contribution in [2.75, 3.05) is 18.6 Å². The maximum Gasteiger partial charge on any atom is 0.466 e. The van der Waals surface area contributed by atoms with Gasteiger partial charge in [0, 0.05) is 0 Å². The Balaban J connectivity index is 2.80. The standard InChI is InChI=1S/C12H23NO9S3/c1-23-5-3-2-4-8(13-22-25(18,19)20)24-12-11(17)10(16)9(15)7(6-14)21-12/h7,9-12,14-17H,2-6H2,1H3,(H,18,19,20)/b13-8-/t7-,9+,10-,11-,12+/m0/s1. The highest BCUT2D eigenvalue weighted by Gasteiger charge is 2.44. The van der Waals surface area contributed by atoms with Crippen LogP contribution in [0.2, 0.25) is 0 Å². The van der Waals surface area contributed by atoms with E-state index in [-0.39, 0.29) is 11.5 Å². The van der Waals surface area contributed by atoms with Crippen molar-refractivity contribution in [3.05, 3.63) is 0 Å². The molecule has 1 aliphatic heterocycles. The molecule has 0 unspecified atom stereocenters. The van der Waals surface area contributed by atoms with Crippen molar-refractivity contribution >= 4 is 39.0 Å². The first-order chi connectivity index (χ1) is 11.7. The molecular weight excluding hydrogens is 398 g/mol. The smallest absolute Gasteiger partial charge is 0.394 e. The zero-order valence-electron chi connectivity index (χ0n) is 13.5. The molecule has 0 aromatic heterocycles. The van der Waals surface area contributed by atoms with Gasteiger partial charge in [0.2, 0.25) is 0 Å². The minimum absolute atomic E-state index is 0.114. The van der Waals surface area contributed by atoms with Crippen molar-refractivity contribution in [1.29, 1.82) is 0 Å². The largest absolute Gasteiger partial charge is 0.466 e. The number of hydrogen-bond donors (Lipinski definition) is 5. The SMILES string of the molecule is CSCCCC/C(=N/OS(=O)(=O)O)S[C@H]1O[C@@H](CO)[C@@H](O)[C@H](O)[C@@H]1O. The number of aliphatic hydroxyl groups is 4. The summed E-state index contributed by atoms with van der Waals surface area (Å²) in [5.74, 6) is 0.886. The van der Waals surface area contributed by atoms with Crippen LogP contribution in [0.1, 0.15) is 19.3 Å². The Morgan fingerprint density at radius 1 is 1.20 bits per heavy atom. The number of ether oxygens (including phenoxy) is 1. The molecule has 1 rings (SSSR count). The molecule has 25 heavy (non-hydrogen) atoms. The number of nitrogens with zero attached hydrogens (tertiary/aromatic N) is 1. The van der Waals surface area contributed by atoms with Crippen LogP contribution in [0.25, 0.3) is 0 Å². The minimum atomic E-state index is -4.78. The first-order valence-corrected chi connectivity index (χ1v) is 11.0. The Labute approximate surface area is 154 Å². The lowest BCUT2D eigenvalue weighted by molar-refractivity contribution is -0.205. The van der Waals surface area contributed by atoms with Crippen molar-refractivity contribution in [2.45, 2.75) is 49.1 Å². The predicted molar refractivity (Wildman–Crippen MR) is 93.7 cm³/mol. The van der Waals surface area contributed by atoms with Gasteiger partial charge in [0.25, 0.3) is 0 Å². The van der Waals surface area contributed by atoms with Crippen LogP contribution in [0, 0.1) is 0 Å². The zero-order valence-corrected chi connectivity index (χ0v) is 15.9. The first-order valence-electron chi connectivity index (χ1n) is 7.38. The second-order valence-electron chi connectivity index (χ2n) is 5.25. The summed E-state index contributed by atoms with van der Waals surface area (Å²) in [7, 11) is -4.78. The van der Waals surface area contributed by atoms with Gasteiger partial charge in [-0.1, -0.05) is 16.9 Å². The van der Waals surface area contributed by atoms with E-state index in [1.54, 1.807) is 11.8 Å². The molecule has 0 radical (unpaired) electrons. The van der Waals surface area contributed by atoms with Crippen LogP contribution in [-0.4, -0.2) is 86.9 Å². The molecule has 0 spiro atoms. The Kier molecular flexibility index (Phi) is 9.98. The minimum Gasteiger partial charge on any atom is -0.394 e. The van der Waals surface area contributed by atoms with Crippen LogP contribution < -0.4 is 0 Å². The van der Waals surface area contributed by atoms with E-state index >= 15 is 0 Å². The summed E-state index contributed by atoms with van der Waals surface area (Å²) in [6.07, 6.45) is -1.94. The molecule has 0 aliphatic carbocycles. The molecule has 13 heteroatoms. The van der Waals surface area contributed by atoms with Gasteiger partial charge < -0.3 is 25.2 Å². The van der Waals surface area contributed by atoms with E-state index in [1.807, 2.05) is 6.26 Å². The van der Waals surface area contributed by atoms with Crippen molar-refractivity contribution in [2.24, 2.45) is 5.16 Å². The predicted octanol–water partition coefficient (Wildman–Crippen LogP) is -0.814. The Bertz CT molecular complexity index is 528. The lowest BCUT2D eigenvalue weighted by Crippen LogP contribution is -2.57. The summed E-state index contributed by atoms with van der Waals surface area (Å²) in [5.41, 5.74) is -1.11. The summed E-state index contributed by atoms with van der Waals surface area (Å²) in [6, 6.07) is 0. The number of aliphatic hydroxyl groups excluding tert-OH is 4. The van der Waals surface area contributed by atoms with Gasteiger partial charge in [-0.3, -0.25) is 4.55 Å². The lowest BCUT2D eigenvalue weighted by atomic mass is 10.0. The second-order valence-corrected chi connectivity index (χ2v) is 8.41. The first kappa shape index (κ1) is 22.9. The number of thioether (sulfide) groups is 2. The van der Waals surface area contributed by atoms with Gasteiger partial charge in [-0.05, 0) is 31.3 Å². The maximum absolute atomic E-state index is 10.7. The monoisotopic (exact) mass is 421 g/mol. The summed E-state index contributed by atoms with van der Waals surface area (Å²) < 4.78 is 39.4. The van der Waals surface area contributed by atoms with Crippen LogP contribution in [0.3, 0.4) is 0 Å². The number of rotatable bonds is 9. The molecule has 10 nitrogen and oxygen atoms in total. The molecule has 1 fully saturated rings. The summed E-state index contributed by atoms with van der Waals surface area (Å²) in [4.78, 5) is 0. The third kappa shape index (κ3) is 7.97. The van der Waals surface area contributed by atoms with Crippen LogP contribution in [0.15, 0.2) is 5.16 Å². The normalized spacial score (nSPS) is 31.1. The third-order valence-electron chi connectivity index (χ3n) is 3.32. The van der Waals surface area contributed by atoms with E-state index < -0.39 is 46.9 Å². The molecular formula is C12H23NO9S3. The highest BCUT2D eigenvalue weighted by Crippen LogP contribution is 2.30. The number of unbranched alkanes of at least 4 members (excludes halogenated alkanes) is 1. The summed E-state index contributed by atoms with van der Waals surface area (Å²) >= 11 is 2.43. The molecule has 0 saturated carbocycles. The molecule has 0 bridgehead atoms. The molecule has 1 aliphatic rings. The van der Waals surface area contributed by atoms with Gasteiger partial charge >= 0.3 is 10.4 Å². The number of oxime groups is 1. The fourth-order valence-electron chi connectivity index (χ4n) is 2.04. The lowest BCUT2D eigenvalue weighted by Gasteiger charge is -2.39. The van der Waals surface area contributed by atoms with Crippen molar-refractivity contribution < 1.29 is 42.4 Å². The summed E-state index contributed by atoms with van der Waals surface area (Å²) in [5, 5.41) is 42.2. The molecule has 1 heterocycles. The molecule has 0 aromatic carbocycles. The van der Waals surface area contributed by atoms with Crippen LogP contribution in [0.5, 0.6) is 0 Å². The zero-order chi connectivity index (χ0) is 19.0. The molecule has 0 amide bonds. The van der Waals surface area contributed by atoms with E-state index in [1.165, 1.54) is 0 Å². The van der Waals surface area contributed by atoms with Crippen LogP contribution in [0.4, 0.5) is 0 Å². The van der Waals surface area contributed by atoms with E-state index in [4.69, 9.17) is 9.29 Å². The Morgan fingerprint density at radius 2 is 1.88 bits per heavy atom. The van der Waals surface area contributed by atoms with Crippen LogP contribution >= 0.6 is 23.5 Å². The molecule has 1 saturated heterocycles. The van der Waals surface area contributed by atoms with Gasteiger partial charge in [0.15, 0.2) is 0 Å². The van der Waals surface area contributed by atoms with Crippen molar-refractivity contribution in [1.82, 2.24) is 0 Å². The van der Waals surface area contributed by atoms with E-state index in [0.717, 1.165) is 23.9 Å². The maximum atomic E-state index is 10.7. The van der Waals surface area contributed by atoms with Crippen molar-refractivity contribution in [3.63, 3.8) is 0 Å². The molecule has 0 aromatic rings. The van der Waals surface area contributed by atoms with E-state index in [9.17, 15) is 28.8 Å². The van der Waals surface area contributed by atoms with Gasteiger partial charge in [-0.2, -0.15) is 20.2 Å². The number of hydrogen-bond acceptors (Lipinski definition) is 11. The molecule has 148 valence electrons. The van der Waals surface area contributed by atoms with Gasteiger partial charge in [-0.25, -0.2) is 4.28 Å². The Morgan fingerprint density at radius 3 is 2.44 bits per heavy atom. The summed E-state index contributed by atoms with van der Waals surface area (Å²) in [6.45, 7) is -0.580.